The van der Waals surface area contributed by atoms with Crippen LogP contribution in [-0.2, 0) is 28.4 Å². The van der Waals surface area contributed by atoms with Crippen LogP contribution in [-0.4, -0.2) is 62.4 Å². The Morgan fingerprint density at radius 2 is 0.914 bits per heavy atom. The summed E-state index contributed by atoms with van der Waals surface area (Å²) in [5, 5.41) is 0. The molecule has 2 aliphatic heterocycles. The van der Waals surface area contributed by atoms with Crippen molar-refractivity contribution in [3.05, 3.63) is 0 Å². The van der Waals surface area contributed by atoms with Gasteiger partial charge in [-0.15, -0.1) is 0 Å². The van der Waals surface area contributed by atoms with Gasteiger partial charge in [0.1, 0.15) is 24.4 Å². The predicted octanol–water partition coefficient (Wildman–Crippen LogP) is 7.17. The molecule has 2 fully saturated rings. The molecular formula is C29H56O6. The largest absolute Gasteiger partial charge is 0.373 e. The van der Waals surface area contributed by atoms with Crippen LogP contribution in [0.1, 0.15) is 125 Å². The molecule has 35 heavy (non-hydrogen) atoms. The maximum Gasteiger partial charge on any atom is 0.163 e. The van der Waals surface area contributed by atoms with E-state index in [1.807, 2.05) is 27.7 Å². The Morgan fingerprint density at radius 1 is 0.571 bits per heavy atom. The maximum atomic E-state index is 6.54. The number of ether oxygens (including phenoxy) is 6. The molecule has 4 atom stereocenters. The van der Waals surface area contributed by atoms with Crippen molar-refractivity contribution in [2.45, 2.75) is 161 Å². The molecule has 0 saturated carbocycles. The average Bonchev–Trinajstić information content (AvgIpc) is 3.36. The fourth-order valence-corrected chi connectivity index (χ4v) is 4.96. The highest BCUT2D eigenvalue weighted by molar-refractivity contribution is 4.91. The van der Waals surface area contributed by atoms with Crippen LogP contribution in [0.3, 0.4) is 0 Å². The molecule has 0 aromatic heterocycles. The second kappa shape index (κ2) is 16.6. The number of hydrogen-bond donors (Lipinski definition) is 0. The molecule has 0 aliphatic carbocycles. The van der Waals surface area contributed by atoms with Crippen molar-refractivity contribution in [3.8, 4) is 0 Å². The lowest BCUT2D eigenvalue weighted by molar-refractivity contribution is -0.204. The van der Waals surface area contributed by atoms with Gasteiger partial charge in [0, 0.05) is 13.2 Å². The van der Waals surface area contributed by atoms with Crippen molar-refractivity contribution in [2.24, 2.45) is 0 Å². The first-order valence-electron chi connectivity index (χ1n) is 14.6. The third kappa shape index (κ3) is 12.2. The lowest BCUT2D eigenvalue weighted by Gasteiger charge is -2.34. The van der Waals surface area contributed by atoms with Crippen LogP contribution < -0.4 is 0 Å². The number of unbranched alkanes of at least 4 members (excludes halogenated alkanes) is 11. The van der Waals surface area contributed by atoms with Gasteiger partial charge in [0.05, 0.1) is 13.2 Å². The minimum absolute atomic E-state index is 0.184. The van der Waals surface area contributed by atoms with Crippen LogP contribution in [0.5, 0.6) is 0 Å². The minimum atomic E-state index is -0.609. The SMILES string of the molecule is CCCCCCCCCCO[C@@H]([C@H](OCCCCCCC)[C@H]1COC(C)(C)O1)[C@H]1COC(C)(C)O1. The standard InChI is InChI=1S/C29H56O6/c1-7-9-11-13-14-15-17-19-21-31-27(25-23-33-29(5,6)35-25)26(24-22-32-28(3,4)34-24)30-20-18-16-12-10-8-2/h24-27H,7-23H2,1-6H3/t24-,25-,26-,27-/m1/s1. The molecule has 2 aliphatic rings. The van der Waals surface area contributed by atoms with Gasteiger partial charge in [-0.05, 0) is 40.5 Å². The summed E-state index contributed by atoms with van der Waals surface area (Å²) < 4.78 is 37.4. The number of rotatable bonds is 20. The van der Waals surface area contributed by atoms with E-state index < -0.39 is 11.6 Å². The van der Waals surface area contributed by atoms with E-state index in [-0.39, 0.29) is 24.4 Å². The predicted molar refractivity (Wildman–Crippen MR) is 141 cm³/mol. The van der Waals surface area contributed by atoms with Crippen LogP contribution in [0.2, 0.25) is 0 Å². The summed E-state index contributed by atoms with van der Waals surface area (Å²) in [5.74, 6) is -1.22. The molecule has 0 N–H and O–H groups in total. The summed E-state index contributed by atoms with van der Waals surface area (Å²) in [7, 11) is 0. The Balaban J connectivity index is 1.94. The van der Waals surface area contributed by atoms with E-state index in [0.29, 0.717) is 26.4 Å². The summed E-state index contributed by atoms with van der Waals surface area (Å²) >= 11 is 0. The average molecular weight is 501 g/mol. The first kappa shape index (κ1) is 31.0. The van der Waals surface area contributed by atoms with Crippen molar-refractivity contribution in [3.63, 3.8) is 0 Å². The molecule has 2 heterocycles. The lowest BCUT2D eigenvalue weighted by Crippen LogP contribution is -2.50. The third-order valence-electron chi connectivity index (χ3n) is 6.98. The zero-order valence-electron chi connectivity index (χ0n) is 23.8. The molecular weight excluding hydrogens is 444 g/mol. The first-order chi connectivity index (χ1) is 16.8. The Labute approximate surface area is 216 Å². The third-order valence-corrected chi connectivity index (χ3v) is 6.98. The van der Waals surface area contributed by atoms with Crippen molar-refractivity contribution < 1.29 is 28.4 Å². The molecule has 0 unspecified atom stereocenters. The van der Waals surface area contributed by atoms with Gasteiger partial charge in [-0.2, -0.15) is 0 Å². The van der Waals surface area contributed by atoms with Gasteiger partial charge in [0.15, 0.2) is 11.6 Å². The van der Waals surface area contributed by atoms with Gasteiger partial charge in [0.25, 0.3) is 0 Å². The molecule has 0 bridgehead atoms. The molecule has 0 aromatic carbocycles. The molecule has 2 saturated heterocycles. The quantitative estimate of drug-likeness (QED) is 0.165. The Hall–Kier alpha value is -0.240. The Bertz CT molecular complexity index is 537. The second-order valence-electron chi connectivity index (χ2n) is 11.3. The van der Waals surface area contributed by atoms with Crippen LogP contribution in [0.4, 0.5) is 0 Å². The van der Waals surface area contributed by atoms with E-state index in [9.17, 15) is 0 Å². The second-order valence-corrected chi connectivity index (χ2v) is 11.3. The monoisotopic (exact) mass is 500 g/mol. The summed E-state index contributed by atoms with van der Waals surface area (Å²) in [6, 6.07) is 0. The van der Waals surface area contributed by atoms with Crippen LogP contribution in [0.15, 0.2) is 0 Å². The fraction of sp³-hybridized carbons (Fsp3) is 1.00. The van der Waals surface area contributed by atoms with Crippen molar-refractivity contribution in [1.29, 1.82) is 0 Å². The highest BCUT2D eigenvalue weighted by Gasteiger charge is 2.47. The minimum Gasteiger partial charge on any atom is -0.373 e. The zero-order valence-corrected chi connectivity index (χ0v) is 23.8. The summed E-state index contributed by atoms with van der Waals surface area (Å²) in [6.07, 6.45) is 15.4. The van der Waals surface area contributed by atoms with E-state index in [0.717, 1.165) is 12.8 Å². The normalized spacial score (nSPS) is 25.2. The topological polar surface area (TPSA) is 55.4 Å². The maximum absolute atomic E-state index is 6.54. The zero-order chi connectivity index (χ0) is 25.6. The van der Waals surface area contributed by atoms with E-state index in [2.05, 4.69) is 13.8 Å². The molecule has 2 rings (SSSR count). The van der Waals surface area contributed by atoms with Gasteiger partial charge in [-0.3, -0.25) is 0 Å². The molecule has 0 aromatic rings. The Morgan fingerprint density at radius 3 is 1.23 bits per heavy atom. The summed E-state index contributed by atoms with van der Waals surface area (Å²) in [5.41, 5.74) is 0. The smallest absolute Gasteiger partial charge is 0.163 e. The molecule has 6 nitrogen and oxygen atoms in total. The van der Waals surface area contributed by atoms with E-state index in [1.165, 1.54) is 70.6 Å². The van der Waals surface area contributed by atoms with Crippen molar-refractivity contribution in [2.75, 3.05) is 26.4 Å². The lowest BCUT2D eigenvalue weighted by atomic mass is 10.0. The number of hydrogen-bond acceptors (Lipinski definition) is 6. The Kier molecular flexibility index (Phi) is 14.7. The fourth-order valence-electron chi connectivity index (χ4n) is 4.96. The van der Waals surface area contributed by atoms with Gasteiger partial charge < -0.3 is 28.4 Å². The highest BCUT2D eigenvalue weighted by Crippen LogP contribution is 2.33. The van der Waals surface area contributed by atoms with Crippen LogP contribution in [0, 0.1) is 0 Å². The van der Waals surface area contributed by atoms with Gasteiger partial charge in [-0.1, -0.05) is 84.5 Å². The summed E-state index contributed by atoms with van der Waals surface area (Å²) in [4.78, 5) is 0. The van der Waals surface area contributed by atoms with Crippen molar-refractivity contribution >= 4 is 0 Å². The highest BCUT2D eigenvalue weighted by atomic mass is 16.8. The molecule has 6 heteroatoms. The van der Waals surface area contributed by atoms with E-state index in [1.54, 1.807) is 0 Å². The molecule has 0 radical (unpaired) electrons. The van der Waals surface area contributed by atoms with Crippen LogP contribution in [0.25, 0.3) is 0 Å². The van der Waals surface area contributed by atoms with Gasteiger partial charge >= 0.3 is 0 Å². The van der Waals surface area contributed by atoms with Gasteiger partial charge in [-0.25, -0.2) is 0 Å². The van der Waals surface area contributed by atoms with E-state index >= 15 is 0 Å². The first-order valence-corrected chi connectivity index (χ1v) is 14.6. The van der Waals surface area contributed by atoms with E-state index in [4.69, 9.17) is 28.4 Å². The molecule has 0 amide bonds. The summed E-state index contributed by atoms with van der Waals surface area (Å²) in [6.45, 7) is 14.8. The van der Waals surface area contributed by atoms with Crippen LogP contribution >= 0.6 is 0 Å². The molecule has 0 spiro atoms. The van der Waals surface area contributed by atoms with Gasteiger partial charge in [0.2, 0.25) is 0 Å². The van der Waals surface area contributed by atoms with Crippen molar-refractivity contribution in [1.82, 2.24) is 0 Å². The molecule has 208 valence electrons.